The summed E-state index contributed by atoms with van der Waals surface area (Å²) in [6.07, 6.45) is 0.646. The Bertz CT molecular complexity index is 376. The summed E-state index contributed by atoms with van der Waals surface area (Å²) in [5.41, 5.74) is 0.320. The van der Waals surface area contributed by atoms with Gasteiger partial charge in [-0.3, -0.25) is 4.79 Å². The molecule has 0 spiro atoms. The summed E-state index contributed by atoms with van der Waals surface area (Å²) >= 11 is 5.99. The highest BCUT2D eigenvalue weighted by molar-refractivity contribution is 6.34. The van der Waals surface area contributed by atoms with Gasteiger partial charge in [0.1, 0.15) is 5.02 Å². The molecule has 1 aromatic rings. The van der Waals surface area contributed by atoms with E-state index in [4.69, 9.17) is 25.8 Å². The zero-order chi connectivity index (χ0) is 11.4. The predicted octanol–water partition coefficient (Wildman–Crippen LogP) is 2.18. The molecule has 0 radical (unpaired) electrons. The van der Waals surface area contributed by atoms with Gasteiger partial charge in [0.25, 0.3) is 0 Å². The second-order valence-electron chi connectivity index (χ2n) is 2.67. The molecule has 1 rings (SSSR count). The van der Waals surface area contributed by atoms with Gasteiger partial charge in [-0.05, 0) is 6.07 Å². The van der Waals surface area contributed by atoms with Crippen molar-refractivity contribution in [2.75, 3.05) is 21.3 Å². The Hall–Kier alpha value is -1.42. The van der Waals surface area contributed by atoms with E-state index in [1.807, 2.05) is 0 Å². The van der Waals surface area contributed by atoms with Gasteiger partial charge >= 0.3 is 0 Å². The van der Waals surface area contributed by atoms with E-state index in [2.05, 4.69) is 0 Å². The number of hydrogen-bond donors (Lipinski definition) is 0. The van der Waals surface area contributed by atoms with Crippen LogP contribution in [0, 0.1) is 0 Å². The lowest BCUT2D eigenvalue weighted by Gasteiger charge is -2.13. The second-order valence-corrected chi connectivity index (χ2v) is 3.04. The number of carbonyl (C=O) groups excluding carboxylic acids is 1. The third kappa shape index (κ3) is 1.99. The van der Waals surface area contributed by atoms with Gasteiger partial charge in [-0.25, -0.2) is 0 Å². The zero-order valence-corrected chi connectivity index (χ0v) is 9.42. The lowest BCUT2D eigenvalue weighted by molar-refractivity contribution is 0.112. The van der Waals surface area contributed by atoms with E-state index in [-0.39, 0.29) is 10.8 Å². The van der Waals surface area contributed by atoms with Crippen molar-refractivity contribution in [2.45, 2.75) is 0 Å². The Labute approximate surface area is 92.7 Å². The molecule has 1 aromatic carbocycles. The molecule has 0 aliphatic heterocycles. The maximum Gasteiger partial charge on any atom is 0.183 e. The second kappa shape index (κ2) is 4.89. The molecule has 0 saturated carbocycles. The number of rotatable bonds is 4. The van der Waals surface area contributed by atoms with Crippen LogP contribution in [0.2, 0.25) is 5.02 Å². The number of hydrogen-bond acceptors (Lipinski definition) is 4. The summed E-state index contributed by atoms with van der Waals surface area (Å²) in [4.78, 5) is 10.8. The number of aldehydes is 1. The molecule has 0 unspecified atom stereocenters. The minimum absolute atomic E-state index is 0.224. The molecule has 4 nitrogen and oxygen atoms in total. The van der Waals surface area contributed by atoms with Crippen LogP contribution in [0.5, 0.6) is 17.2 Å². The van der Waals surface area contributed by atoms with Crippen LogP contribution in [0.3, 0.4) is 0 Å². The average Bonchev–Trinajstić information content (AvgIpc) is 2.27. The highest BCUT2D eigenvalue weighted by Gasteiger charge is 2.18. The normalized spacial score (nSPS) is 9.60. The van der Waals surface area contributed by atoms with Crippen LogP contribution in [-0.4, -0.2) is 27.6 Å². The van der Waals surface area contributed by atoms with Crippen molar-refractivity contribution in [1.82, 2.24) is 0 Å². The van der Waals surface area contributed by atoms with Crippen molar-refractivity contribution in [3.63, 3.8) is 0 Å². The first-order valence-corrected chi connectivity index (χ1v) is 4.51. The molecule has 0 aromatic heterocycles. The summed E-state index contributed by atoms with van der Waals surface area (Å²) in [6.45, 7) is 0. The smallest absolute Gasteiger partial charge is 0.183 e. The van der Waals surface area contributed by atoms with Crippen LogP contribution in [0.4, 0.5) is 0 Å². The third-order valence-electron chi connectivity index (χ3n) is 1.93. The monoisotopic (exact) mass is 230 g/mol. The highest BCUT2D eigenvalue weighted by Crippen LogP contribution is 2.43. The maximum absolute atomic E-state index is 10.8. The van der Waals surface area contributed by atoms with Crippen molar-refractivity contribution in [2.24, 2.45) is 0 Å². The minimum Gasteiger partial charge on any atom is -0.494 e. The van der Waals surface area contributed by atoms with Gasteiger partial charge < -0.3 is 14.2 Å². The molecule has 0 bridgehead atoms. The summed E-state index contributed by atoms with van der Waals surface area (Å²) in [5.74, 6) is 1.02. The van der Waals surface area contributed by atoms with Crippen LogP contribution in [0.25, 0.3) is 0 Å². The molecule has 0 aliphatic carbocycles. The van der Waals surface area contributed by atoms with E-state index < -0.39 is 0 Å². The predicted molar refractivity (Wildman–Crippen MR) is 56.5 cm³/mol. The van der Waals surface area contributed by atoms with E-state index >= 15 is 0 Å². The van der Waals surface area contributed by atoms with Crippen LogP contribution in [0.15, 0.2) is 6.07 Å². The zero-order valence-electron chi connectivity index (χ0n) is 8.67. The quantitative estimate of drug-likeness (QED) is 0.744. The first-order chi connectivity index (χ1) is 7.19. The van der Waals surface area contributed by atoms with Crippen LogP contribution in [-0.2, 0) is 0 Å². The molecule has 0 amide bonds. The fraction of sp³-hybridized carbons (Fsp3) is 0.300. The minimum atomic E-state index is 0.224. The lowest BCUT2D eigenvalue weighted by Crippen LogP contribution is -1.98. The Morgan fingerprint density at radius 1 is 1.13 bits per heavy atom. The maximum atomic E-state index is 10.8. The molecular weight excluding hydrogens is 220 g/mol. The lowest BCUT2D eigenvalue weighted by atomic mass is 10.2. The molecule has 0 aliphatic rings. The molecule has 0 atom stereocenters. The van der Waals surface area contributed by atoms with Gasteiger partial charge in [-0.1, -0.05) is 11.6 Å². The molecule has 15 heavy (non-hydrogen) atoms. The number of ether oxygens (including phenoxy) is 3. The standard InChI is InChI=1S/C10H11ClO4/c1-13-7-4-6(5-12)9(14-2)8(11)10(7)15-3/h4-5H,1-3H3. The summed E-state index contributed by atoms with van der Waals surface area (Å²) in [5, 5.41) is 0.224. The first-order valence-electron chi connectivity index (χ1n) is 4.13. The number of halogens is 1. The number of benzene rings is 1. The van der Waals surface area contributed by atoms with Gasteiger partial charge in [-0.15, -0.1) is 0 Å². The Morgan fingerprint density at radius 3 is 2.13 bits per heavy atom. The summed E-state index contributed by atoms with van der Waals surface area (Å²) in [6, 6.07) is 1.51. The first kappa shape index (κ1) is 11.7. The molecule has 0 heterocycles. The topological polar surface area (TPSA) is 44.8 Å². The van der Waals surface area contributed by atoms with E-state index in [0.29, 0.717) is 23.3 Å². The SMILES string of the molecule is COc1cc(C=O)c(OC)c(Cl)c1OC. The molecule has 5 heteroatoms. The van der Waals surface area contributed by atoms with Crippen molar-refractivity contribution < 1.29 is 19.0 Å². The fourth-order valence-corrected chi connectivity index (χ4v) is 1.60. The summed E-state index contributed by atoms with van der Waals surface area (Å²) in [7, 11) is 4.36. The Morgan fingerprint density at radius 2 is 1.73 bits per heavy atom. The molecule has 0 saturated heterocycles. The molecule has 0 N–H and O–H groups in total. The van der Waals surface area contributed by atoms with Crippen molar-refractivity contribution in [1.29, 1.82) is 0 Å². The van der Waals surface area contributed by atoms with Gasteiger partial charge in [0.2, 0.25) is 0 Å². The fourth-order valence-electron chi connectivity index (χ4n) is 1.25. The molecule has 82 valence electrons. The van der Waals surface area contributed by atoms with Crippen molar-refractivity contribution in [3.05, 3.63) is 16.7 Å². The van der Waals surface area contributed by atoms with E-state index in [9.17, 15) is 4.79 Å². The van der Waals surface area contributed by atoms with Gasteiger partial charge in [0, 0.05) is 0 Å². The Balaban J connectivity index is 3.48. The average molecular weight is 231 g/mol. The van der Waals surface area contributed by atoms with Gasteiger partial charge in [0.15, 0.2) is 23.5 Å². The van der Waals surface area contributed by atoms with Crippen LogP contribution < -0.4 is 14.2 Å². The Kier molecular flexibility index (Phi) is 3.80. The van der Waals surface area contributed by atoms with Gasteiger partial charge in [0.05, 0.1) is 26.9 Å². The largest absolute Gasteiger partial charge is 0.494 e. The van der Waals surface area contributed by atoms with E-state index in [1.165, 1.54) is 27.4 Å². The molecule has 0 fully saturated rings. The number of methoxy groups -OCH3 is 3. The van der Waals surface area contributed by atoms with Crippen molar-refractivity contribution >= 4 is 17.9 Å². The van der Waals surface area contributed by atoms with Crippen LogP contribution >= 0.6 is 11.6 Å². The van der Waals surface area contributed by atoms with Crippen LogP contribution in [0.1, 0.15) is 10.4 Å². The number of carbonyl (C=O) groups is 1. The molecular formula is C10H11ClO4. The summed E-state index contributed by atoms with van der Waals surface area (Å²) < 4.78 is 15.1. The third-order valence-corrected chi connectivity index (χ3v) is 2.27. The van der Waals surface area contributed by atoms with Gasteiger partial charge in [-0.2, -0.15) is 0 Å². The van der Waals surface area contributed by atoms with E-state index in [1.54, 1.807) is 0 Å². The highest BCUT2D eigenvalue weighted by atomic mass is 35.5. The van der Waals surface area contributed by atoms with Crippen molar-refractivity contribution in [3.8, 4) is 17.2 Å². The van der Waals surface area contributed by atoms with E-state index in [0.717, 1.165) is 0 Å².